The number of hydrogen-bond donors (Lipinski definition) is 0. The molecule has 0 N–H and O–H groups in total. The van der Waals surface area contributed by atoms with Gasteiger partial charge in [-0.05, 0) is 6.92 Å². The first-order chi connectivity index (χ1) is 6.87. The molecule has 1 unspecified atom stereocenters. The zero-order chi connectivity index (χ0) is 11.6. The number of rotatable bonds is 2. The second-order valence-corrected chi connectivity index (χ2v) is 4.50. The number of thioether (sulfide) groups is 1. The minimum atomic E-state index is -4.56. The largest absolute Gasteiger partial charge is 0.383 e. The fourth-order valence-corrected chi connectivity index (χ4v) is 2.33. The molecule has 0 aliphatic carbocycles. The maximum absolute atomic E-state index is 12.7. The molecule has 1 aliphatic rings. The van der Waals surface area contributed by atoms with Crippen molar-refractivity contribution in [3.63, 3.8) is 0 Å². The van der Waals surface area contributed by atoms with Crippen molar-refractivity contribution in [2.24, 2.45) is 0 Å². The minimum Gasteiger partial charge on any atom is -0.333 e. The Labute approximate surface area is 89.0 Å². The van der Waals surface area contributed by atoms with Gasteiger partial charge in [0.05, 0.1) is 0 Å². The Bertz CT molecular complexity index is 249. The van der Waals surface area contributed by atoms with Gasteiger partial charge >= 0.3 is 12.3 Å². The molecule has 0 aromatic rings. The van der Waals surface area contributed by atoms with Crippen molar-refractivity contribution in [3.05, 3.63) is 0 Å². The maximum atomic E-state index is 12.7. The van der Waals surface area contributed by atoms with Crippen LogP contribution in [0, 0.1) is 0 Å². The van der Waals surface area contributed by atoms with Crippen LogP contribution in [0.25, 0.3) is 0 Å². The standard InChI is InChI=1S/C8H11F4NOS/c1-5-4-15-3-2-13(5)7(14)8(11,12)6(9)10/h5-6H,2-4H2,1H3. The van der Waals surface area contributed by atoms with Crippen LogP contribution in [0.1, 0.15) is 6.92 Å². The molecule has 2 nitrogen and oxygen atoms in total. The van der Waals surface area contributed by atoms with Gasteiger partial charge in [-0.25, -0.2) is 8.78 Å². The molecule has 1 aliphatic heterocycles. The van der Waals surface area contributed by atoms with E-state index >= 15 is 0 Å². The van der Waals surface area contributed by atoms with Gasteiger partial charge in [0.1, 0.15) is 0 Å². The van der Waals surface area contributed by atoms with Crippen molar-refractivity contribution in [1.82, 2.24) is 4.90 Å². The van der Waals surface area contributed by atoms with E-state index in [0.717, 1.165) is 4.90 Å². The van der Waals surface area contributed by atoms with Crippen molar-refractivity contribution in [2.45, 2.75) is 25.3 Å². The number of hydrogen-bond acceptors (Lipinski definition) is 2. The second kappa shape index (κ2) is 4.59. The fraction of sp³-hybridized carbons (Fsp3) is 0.875. The van der Waals surface area contributed by atoms with Crippen LogP contribution in [-0.4, -0.2) is 47.2 Å². The third-order valence-corrected chi connectivity index (χ3v) is 3.38. The summed E-state index contributed by atoms with van der Waals surface area (Å²) >= 11 is 1.52. The number of carbonyl (C=O) groups excluding carboxylic acids is 1. The molecule has 0 spiro atoms. The maximum Gasteiger partial charge on any atom is 0.383 e. The Kier molecular flexibility index (Phi) is 3.86. The molecule has 0 aromatic heterocycles. The molecule has 0 aromatic carbocycles. The third kappa shape index (κ3) is 2.56. The Morgan fingerprint density at radius 1 is 1.53 bits per heavy atom. The summed E-state index contributed by atoms with van der Waals surface area (Å²) in [5.74, 6) is -5.30. The van der Waals surface area contributed by atoms with Gasteiger partial charge in [-0.15, -0.1) is 0 Å². The second-order valence-electron chi connectivity index (χ2n) is 3.35. The molecule has 7 heteroatoms. The molecular weight excluding hydrogens is 234 g/mol. The molecule has 1 atom stereocenters. The molecular formula is C8H11F4NOS. The van der Waals surface area contributed by atoms with E-state index in [0.29, 0.717) is 11.5 Å². The summed E-state index contributed by atoms with van der Waals surface area (Å²) in [6, 6.07) is -0.416. The van der Waals surface area contributed by atoms with E-state index in [1.54, 1.807) is 6.92 Å². The first kappa shape index (κ1) is 12.6. The predicted molar refractivity (Wildman–Crippen MR) is 49.5 cm³/mol. The fourth-order valence-electron chi connectivity index (χ4n) is 1.31. The lowest BCUT2D eigenvalue weighted by molar-refractivity contribution is -0.182. The molecule has 0 radical (unpaired) electrons. The van der Waals surface area contributed by atoms with E-state index in [1.165, 1.54) is 11.8 Å². The first-order valence-electron chi connectivity index (χ1n) is 4.42. The SMILES string of the molecule is CC1CSCCN1C(=O)C(F)(F)C(F)F. The zero-order valence-electron chi connectivity index (χ0n) is 8.05. The topological polar surface area (TPSA) is 20.3 Å². The van der Waals surface area contributed by atoms with Gasteiger partial charge < -0.3 is 4.90 Å². The number of amides is 1. The quantitative estimate of drug-likeness (QED) is 0.692. The van der Waals surface area contributed by atoms with E-state index in [4.69, 9.17) is 0 Å². The van der Waals surface area contributed by atoms with Crippen LogP contribution in [0.3, 0.4) is 0 Å². The van der Waals surface area contributed by atoms with Crippen molar-refractivity contribution in [1.29, 1.82) is 0 Å². The van der Waals surface area contributed by atoms with Crippen LogP contribution in [0.4, 0.5) is 17.6 Å². The number of halogens is 4. The summed E-state index contributed by atoms with van der Waals surface area (Å²) in [4.78, 5) is 12.0. The first-order valence-corrected chi connectivity index (χ1v) is 5.57. The number of carbonyl (C=O) groups is 1. The Morgan fingerprint density at radius 2 is 2.13 bits per heavy atom. The van der Waals surface area contributed by atoms with Gasteiger partial charge in [0.15, 0.2) is 0 Å². The van der Waals surface area contributed by atoms with Crippen molar-refractivity contribution >= 4 is 17.7 Å². The van der Waals surface area contributed by atoms with Gasteiger partial charge in [-0.3, -0.25) is 4.79 Å². The molecule has 0 saturated carbocycles. The van der Waals surface area contributed by atoms with Crippen LogP contribution in [0.15, 0.2) is 0 Å². The molecule has 0 bridgehead atoms. The van der Waals surface area contributed by atoms with E-state index < -0.39 is 24.3 Å². The average molecular weight is 245 g/mol. The summed E-state index contributed by atoms with van der Waals surface area (Å²) in [6.45, 7) is 1.68. The van der Waals surface area contributed by atoms with Gasteiger partial charge in [0, 0.05) is 24.1 Å². The van der Waals surface area contributed by atoms with E-state index in [2.05, 4.69) is 0 Å². The van der Waals surface area contributed by atoms with Gasteiger partial charge in [-0.2, -0.15) is 20.5 Å². The molecule has 1 heterocycles. The number of alkyl halides is 4. The summed E-state index contributed by atoms with van der Waals surface area (Å²) in [7, 11) is 0. The van der Waals surface area contributed by atoms with Gasteiger partial charge in [0.2, 0.25) is 0 Å². The average Bonchev–Trinajstić information content (AvgIpc) is 2.17. The van der Waals surface area contributed by atoms with Crippen LogP contribution < -0.4 is 0 Å². The number of nitrogens with zero attached hydrogens (tertiary/aromatic N) is 1. The zero-order valence-corrected chi connectivity index (χ0v) is 8.87. The van der Waals surface area contributed by atoms with Crippen LogP contribution in [0.5, 0.6) is 0 Å². The molecule has 1 saturated heterocycles. The van der Waals surface area contributed by atoms with Crippen molar-refractivity contribution < 1.29 is 22.4 Å². The highest BCUT2D eigenvalue weighted by molar-refractivity contribution is 7.99. The van der Waals surface area contributed by atoms with Gasteiger partial charge in [-0.1, -0.05) is 0 Å². The van der Waals surface area contributed by atoms with E-state index in [9.17, 15) is 22.4 Å². The molecule has 1 rings (SSSR count). The normalized spacial score (nSPS) is 23.3. The summed E-state index contributed by atoms with van der Waals surface area (Å²) < 4.78 is 49.4. The van der Waals surface area contributed by atoms with Gasteiger partial charge in [0.25, 0.3) is 5.91 Å². The molecule has 88 valence electrons. The lowest BCUT2D eigenvalue weighted by Gasteiger charge is -2.35. The smallest absolute Gasteiger partial charge is 0.333 e. The molecule has 1 amide bonds. The van der Waals surface area contributed by atoms with Crippen molar-refractivity contribution in [3.8, 4) is 0 Å². The highest BCUT2D eigenvalue weighted by Crippen LogP contribution is 2.28. The molecule has 1 fully saturated rings. The highest BCUT2D eigenvalue weighted by atomic mass is 32.2. The summed E-state index contributed by atoms with van der Waals surface area (Å²) in [5, 5.41) is 0. The van der Waals surface area contributed by atoms with Crippen molar-refractivity contribution in [2.75, 3.05) is 18.1 Å². The lowest BCUT2D eigenvalue weighted by atomic mass is 10.2. The highest BCUT2D eigenvalue weighted by Gasteiger charge is 2.52. The summed E-state index contributed by atoms with van der Waals surface area (Å²) in [5.41, 5.74) is 0. The monoisotopic (exact) mass is 245 g/mol. The Hall–Kier alpha value is -0.460. The third-order valence-electron chi connectivity index (χ3n) is 2.19. The summed E-state index contributed by atoms with van der Waals surface area (Å²) in [6.07, 6.45) is -3.94. The van der Waals surface area contributed by atoms with E-state index in [1.807, 2.05) is 0 Å². The van der Waals surface area contributed by atoms with E-state index in [-0.39, 0.29) is 6.54 Å². The lowest BCUT2D eigenvalue weighted by Crippen LogP contribution is -2.53. The van der Waals surface area contributed by atoms with Crippen LogP contribution >= 0.6 is 11.8 Å². The predicted octanol–water partition coefficient (Wildman–Crippen LogP) is 1.85. The Morgan fingerprint density at radius 3 is 2.60 bits per heavy atom. The minimum absolute atomic E-state index is 0.104. The van der Waals surface area contributed by atoms with Crippen LogP contribution in [-0.2, 0) is 4.79 Å². The molecule has 15 heavy (non-hydrogen) atoms. The Balaban J connectivity index is 2.74. The van der Waals surface area contributed by atoms with Crippen LogP contribution in [0.2, 0.25) is 0 Å².